The van der Waals surface area contributed by atoms with Gasteiger partial charge in [-0.2, -0.15) is 0 Å². The Morgan fingerprint density at radius 3 is 1.70 bits per heavy atom. The lowest BCUT2D eigenvalue weighted by Gasteiger charge is -2.44. The van der Waals surface area contributed by atoms with Crippen molar-refractivity contribution in [2.75, 3.05) is 86.4 Å². The summed E-state index contributed by atoms with van der Waals surface area (Å²) in [7, 11) is 1.55. The molecular weight excluding hydrogens is 1940 g/mol. The van der Waals surface area contributed by atoms with Crippen LogP contribution in [0.15, 0.2) is 121 Å². The number of fused-ring (bicyclic) bond motifs is 14. The Morgan fingerprint density at radius 2 is 1.07 bits per heavy atom. The molecule has 0 spiro atoms. The van der Waals surface area contributed by atoms with E-state index in [1.54, 1.807) is 7.11 Å². The van der Waals surface area contributed by atoms with Crippen LogP contribution in [0.4, 0.5) is 0 Å². The number of amides is 7. The van der Waals surface area contributed by atoms with Crippen LogP contribution in [0.2, 0.25) is 10.0 Å². The monoisotopic (exact) mass is 2060 g/mol. The zero-order valence-corrected chi connectivity index (χ0v) is 81.3. The zero-order valence-electron chi connectivity index (χ0n) is 79.8. The smallest absolute Gasteiger partial charge is 0.330 e. The first-order chi connectivity index (χ1) is 69.9. The molecule has 8 aliphatic rings. The molecule has 0 radical (unpaired) electrons. The number of benzene rings is 7. The Morgan fingerprint density at radius 1 is 0.503 bits per heavy atom. The first-order valence-corrected chi connectivity index (χ1v) is 48.7. The third-order valence-corrected chi connectivity index (χ3v) is 25.8. The van der Waals surface area contributed by atoms with Gasteiger partial charge in [0.25, 0.3) is 0 Å². The molecule has 17 bridgehead atoms. The van der Waals surface area contributed by atoms with Crippen molar-refractivity contribution in [2.24, 2.45) is 0 Å². The number of carboxylic acid groups (broad SMARTS) is 1. The number of aliphatic carboxylic acids is 1. The summed E-state index contributed by atoms with van der Waals surface area (Å²) in [6.45, 7) is 6.76. The SMILES string of the molecule is CCCCCCCCO[C@H]1[C@@H](OC)O[C@H](COCCOCCOCCOCCOCc2cn([C@H]3C(=O)N[C@@H]4Cc5ccc(c(Cl)c5)Oc5cc6cc(c5O)Oc5ccc(cc5Cl)[C@@H](O[C@@H]5O[C@H](CO)[C@@H](O)[C@H](O)[C@H]5NC(C)=O)[C@@H]5NC(=O)[C@H](NC(=O)[C@@H]6NC(=O)[C@@H](NC4=O)c4cc(O)cc(c4)Oc4cc3ccc4O)c3ccc(O)c(c3)-c3c(O)cc(O)cc3[C@H](C(=O)O)NC5=O)nn2)[C@@H](O)[C@@H]1OCCCCCCCC. The van der Waals surface area contributed by atoms with E-state index in [-0.39, 0.29) is 122 Å². The van der Waals surface area contributed by atoms with Gasteiger partial charge in [-0.25, -0.2) is 9.48 Å². The fourth-order valence-electron chi connectivity index (χ4n) is 17.8. The van der Waals surface area contributed by atoms with Crippen LogP contribution in [0.5, 0.6) is 69.0 Å². The third kappa shape index (κ3) is 27.3. The lowest BCUT2D eigenvalue weighted by Crippen LogP contribution is -2.65. The minimum Gasteiger partial charge on any atom is -0.508 e. The second kappa shape index (κ2) is 51.1. The highest BCUT2D eigenvalue weighted by atomic mass is 35.5. The Hall–Kier alpha value is -12.4. The molecule has 782 valence electrons. The van der Waals surface area contributed by atoms with Crippen molar-refractivity contribution >= 4 is 70.5 Å². The molecule has 0 unspecified atom stereocenters. The van der Waals surface area contributed by atoms with E-state index in [2.05, 4.69) is 61.4 Å². The van der Waals surface area contributed by atoms with Gasteiger partial charge in [-0.3, -0.25) is 33.6 Å². The number of aromatic hydroxyl groups is 6. The fourth-order valence-corrected chi connectivity index (χ4v) is 18.3. The Bertz CT molecular complexity index is 5860. The number of methoxy groups -OCH3 is 1. The number of hydrogen-bond donors (Lipinski definition) is 18. The van der Waals surface area contributed by atoms with Crippen molar-refractivity contribution in [3.05, 3.63) is 176 Å². The second-order valence-corrected chi connectivity index (χ2v) is 36.5. The standard InChI is InChI=1S/C100H120Cl2N10O33/c1-5-7-9-11-13-15-25-138-90-87(122)76(144-100(132-4)91(90)139-26-16-14-12-10-8-6-2)50-137-34-32-135-30-28-133-27-29-134-31-33-136-49-58-47-112(111-110-58)84-54-19-22-68(118)72(41-54)140-61-38-56(37-59(115)44-61)79-94(126)107-80-57-42-73(141-70-23-17-52(35-64(70)101)36-66(92(124)105-79)104-97(84)129)85(120)74(43-57)142-71-24-20-55(40-65(71)102)89(145-99-82(103-51(3)114)88(123)86(121)75(48-113)143-99)83-96(128)108-81(98(130)131)63-45-60(116)46-69(119)77(63)62-39-53(18-21-67(62)117)78(93(125)109-83)106-95(80)127/h17-24,35,37-47,66,75-76,78-84,86-91,99-100,113,115-123H,5-16,25-34,36,48-50H2,1-4H3,(H,103,114)(H,104,129)(H,105,124)(H,106,127)(H,107,126)(H,108,128)(H,109,125)(H,130,131)/t66-,75-,76-,78-,79+,80-,81-,82-,83+,84-,86-,87-,88-,89-,90+,91-,99+,100+/m1/s1. The number of hydrogen-bond acceptors (Lipinski definition) is 34. The van der Waals surface area contributed by atoms with E-state index in [4.69, 9.17) is 89.5 Å². The highest BCUT2D eigenvalue weighted by Crippen LogP contribution is 2.50. The first-order valence-electron chi connectivity index (χ1n) is 47.9. The van der Waals surface area contributed by atoms with Crippen molar-refractivity contribution in [1.29, 1.82) is 0 Å². The Kier molecular flexibility index (Phi) is 38.2. The van der Waals surface area contributed by atoms with E-state index in [1.807, 2.05) is 0 Å². The molecule has 2 fully saturated rings. The summed E-state index contributed by atoms with van der Waals surface area (Å²) >= 11 is 14.3. The molecule has 2 saturated heterocycles. The molecule has 7 aromatic carbocycles. The topological polar surface area (TPSA) is 603 Å². The number of ether oxygens (including phenoxy) is 14. The molecule has 43 nitrogen and oxygen atoms in total. The maximum atomic E-state index is 16.4. The van der Waals surface area contributed by atoms with Crippen molar-refractivity contribution in [3.8, 4) is 80.1 Å². The van der Waals surface area contributed by atoms with Crippen LogP contribution in [0, 0.1) is 0 Å². The summed E-state index contributed by atoms with van der Waals surface area (Å²) in [4.78, 5) is 123. The zero-order chi connectivity index (χ0) is 103. The number of carbonyl (C=O) groups is 8. The molecule has 9 heterocycles. The van der Waals surface area contributed by atoms with Crippen LogP contribution >= 0.6 is 23.2 Å². The number of nitrogens with zero attached hydrogens (tertiary/aromatic N) is 3. The molecule has 7 amide bonds. The number of halogens is 2. The molecule has 0 aliphatic carbocycles. The van der Waals surface area contributed by atoms with Crippen LogP contribution < -0.4 is 51.4 Å². The third-order valence-electron chi connectivity index (χ3n) is 25.2. The van der Waals surface area contributed by atoms with E-state index in [0.29, 0.717) is 13.2 Å². The Labute approximate surface area is 842 Å². The summed E-state index contributed by atoms with van der Waals surface area (Å²) in [6, 6.07) is 4.58. The second-order valence-electron chi connectivity index (χ2n) is 35.7. The van der Waals surface area contributed by atoms with Crippen LogP contribution in [0.3, 0.4) is 0 Å². The van der Waals surface area contributed by atoms with Gasteiger partial charge >= 0.3 is 5.97 Å². The normalized spacial score (nSPS) is 24.2. The van der Waals surface area contributed by atoms with Crippen LogP contribution in [-0.4, -0.2) is 278 Å². The molecule has 45 heteroatoms. The van der Waals surface area contributed by atoms with Gasteiger partial charge in [0.15, 0.2) is 47.7 Å². The van der Waals surface area contributed by atoms with Crippen LogP contribution in [0.1, 0.15) is 179 Å². The molecule has 16 rings (SSSR count). The number of phenolic OH excluding ortho intramolecular Hbond substituents is 6. The predicted octanol–water partition coefficient (Wildman–Crippen LogP) is 7.94. The van der Waals surface area contributed by atoms with E-state index in [9.17, 15) is 65.8 Å². The van der Waals surface area contributed by atoms with Gasteiger partial charge in [0.05, 0.1) is 88.9 Å². The maximum absolute atomic E-state index is 16.4. The van der Waals surface area contributed by atoms with Crippen molar-refractivity contribution in [3.63, 3.8) is 0 Å². The number of carbonyl (C=O) groups excluding carboxylic acids is 7. The minimum absolute atomic E-state index is 0.0565. The lowest BCUT2D eigenvalue weighted by atomic mass is 9.89. The van der Waals surface area contributed by atoms with Gasteiger partial charge in [0.2, 0.25) is 47.1 Å². The van der Waals surface area contributed by atoms with E-state index in [1.165, 1.54) is 86.8 Å². The van der Waals surface area contributed by atoms with Crippen molar-refractivity contribution in [1.82, 2.24) is 52.2 Å². The van der Waals surface area contributed by atoms with Crippen molar-refractivity contribution in [2.45, 2.75) is 221 Å². The summed E-state index contributed by atoms with van der Waals surface area (Å²) < 4.78 is 86.6. The van der Waals surface area contributed by atoms with Gasteiger partial charge in [-0.1, -0.05) is 131 Å². The van der Waals surface area contributed by atoms with Gasteiger partial charge in [0.1, 0.15) is 131 Å². The predicted molar refractivity (Wildman–Crippen MR) is 511 cm³/mol. The first kappa shape index (κ1) is 108. The number of unbranched alkanes of at least 4 members (excludes halogenated alkanes) is 10. The lowest BCUT2D eigenvalue weighted by molar-refractivity contribution is -0.312. The molecule has 0 saturated carbocycles. The van der Waals surface area contributed by atoms with Crippen LogP contribution in [0.25, 0.3) is 11.1 Å². The van der Waals surface area contributed by atoms with Crippen molar-refractivity contribution < 1.29 is 161 Å². The fraction of sp³-hybridized carbons (Fsp3) is 0.480. The van der Waals surface area contributed by atoms with Gasteiger partial charge in [-0.15, -0.1) is 5.10 Å². The number of carboxylic acids is 1. The summed E-state index contributed by atoms with van der Waals surface area (Å²) in [5.74, 6) is -17.6. The van der Waals surface area contributed by atoms with Crippen LogP contribution in [-0.2, 0) is 103 Å². The average molecular weight is 2060 g/mol. The Balaban J connectivity index is 0.704. The van der Waals surface area contributed by atoms with E-state index in [0.717, 1.165) is 123 Å². The number of phenols is 6. The molecular formula is C100H120Cl2N10O33. The molecule has 1 aromatic heterocycles. The summed E-state index contributed by atoms with van der Waals surface area (Å²) in [5, 5.41) is 153. The number of aliphatic hydroxyl groups is 4. The number of rotatable bonds is 39. The van der Waals surface area contributed by atoms with E-state index >= 15 is 28.8 Å². The minimum atomic E-state index is -2.42. The summed E-state index contributed by atoms with van der Waals surface area (Å²) in [6.07, 6.45) is 0.269. The maximum Gasteiger partial charge on any atom is 0.330 e. The van der Waals surface area contributed by atoms with Gasteiger partial charge < -0.3 is 160 Å². The average Bonchev–Trinajstić information content (AvgIpc) is 1.20. The number of aromatic nitrogens is 3. The largest absolute Gasteiger partial charge is 0.508 e. The molecule has 18 atom stereocenters. The van der Waals surface area contributed by atoms with Gasteiger partial charge in [0, 0.05) is 62.5 Å². The number of aliphatic hydroxyl groups excluding tert-OH is 4. The quantitative estimate of drug-likeness (QED) is 0.0162. The van der Waals surface area contributed by atoms with E-state index < -0.39 is 249 Å². The molecule has 145 heavy (non-hydrogen) atoms. The summed E-state index contributed by atoms with van der Waals surface area (Å²) in [5.41, 5.74) is -2.64. The molecule has 8 aliphatic heterocycles. The highest BCUT2D eigenvalue weighted by Gasteiger charge is 2.51. The molecule has 18 N–H and O–H groups in total. The number of nitrogens with one attached hydrogen (secondary N) is 7. The molecule has 8 aromatic rings. The highest BCUT2D eigenvalue weighted by molar-refractivity contribution is 6.32. The van der Waals surface area contributed by atoms with Gasteiger partial charge in [-0.05, 0) is 125 Å².